The molecule has 15 heavy (non-hydrogen) atoms. The van der Waals surface area contributed by atoms with Crippen molar-refractivity contribution in [3.8, 4) is 0 Å². The van der Waals surface area contributed by atoms with Crippen LogP contribution in [0.4, 0.5) is 0 Å². The quantitative estimate of drug-likeness (QED) is 0.762. The van der Waals surface area contributed by atoms with Gasteiger partial charge in [-0.25, -0.2) is 4.98 Å². The van der Waals surface area contributed by atoms with E-state index >= 15 is 0 Å². The van der Waals surface area contributed by atoms with Gasteiger partial charge in [0.25, 0.3) is 0 Å². The number of rotatable bonds is 4. The molecule has 0 fully saturated rings. The average molecular weight is 204 g/mol. The summed E-state index contributed by atoms with van der Waals surface area (Å²) < 4.78 is 4.12. The maximum Gasteiger partial charge on any atom is 0.0946 e. The molecular weight excluding hydrogens is 188 g/mol. The van der Waals surface area contributed by atoms with Gasteiger partial charge < -0.3 is 4.57 Å². The first-order chi connectivity index (χ1) is 7.27. The molecule has 0 unspecified atom stereocenters. The van der Waals surface area contributed by atoms with Crippen LogP contribution < -0.4 is 0 Å². The van der Waals surface area contributed by atoms with Gasteiger partial charge in [-0.1, -0.05) is 13.8 Å². The molecule has 2 aromatic heterocycles. The van der Waals surface area contributed by atoms with Crippen LogP contribution >= 0.6 is 0 Å². The van der Waals surface area contributed by atoms with E-state index in [4.69, 9.17) is 0 Å². The monoisotopic (exact) mass is 204 g/mol. The second-order valence-corrected chi connectivity index (χ2v) is 3.93. The number of hydrogen-bond donors (Lipinski definition) is 0. The third-order valence-electron chi connectivity index (χ3n) is 2.47. The van der Waals surface area contributed by atoms with Gasteiger partial charge in [-0.2, -0.15) is 5.10 Å². The van der Waals surface area contributed by atoms with Crippen molar-refractivity contribution >= 4 is 0 Å². The Hall–Kier alpha value is -1.58. The van der Waals surface area contributed by atoms with E-state index in [-0.39, 0.29) is 0 Å². The first-order valence-corrected chi connectivity index (χ1v) is 5.25. The zero-order valence-electron chi connectivity index (χ0n) is 9.17. The Morgan fingerprint density at radius 2 is 2.13 bits per heavy atom. The van der Waals surface area contributed by atoms with Crippen molar-refractivity contribution in [2.75, 3.05) is 0 Å². The SMILES string of the molecule is CC(C)c1ccnn1CCn1ccnc1. The lowest BCUT2D eigenvalue weighted by atomic mass is 10.1. The second-order valence-electron chi connectivity index (χ2n) is 3.93. The Labute approximate surface area is 89.6 Å². The van der Waals surface area contributed by atoms with Gasteiger partial charge >= 0.3 is 0 Å². The fourth-order valence-corrected chi connectivity index (χ4v) is 1.65. The van der Waals surface area contributed by atoms with E-state index in [1.54, 1.807) is 6.20 Å². The van der Waals surface area contributed by atoms with Gasteiger partial charge in [-0.3, -0.25) is 4.68 Å². The summed E-state index contributed by atoms with van der Waals surface area (Å²) in [5.41, 5.74) is 1.29. The summed E-state index contributed by atoms with van der Waals surface area (Å²) >= 11 is 0. The maximum atomic E-state index is 4.32. The predicted molar refractivity (Wildman–Crippen MR) is 58.5 cm³/mol. The number of nitrogens with zero attached hydrogens (tertiary/aromatic N) is 4. The molecule has 0 saturated carbocycles. The minimum absolute atomic E-state index is 0.523. The highest BCUT2D eigenvalue weighted by atomic mass is 15.3. The summed E-state index contributed by atoms with van der Waals surface area (Å²) in [7, 11) is 0. The molecule has 2 rings (SSSR count). The molecule has 0 bridgehead atoms. The van der Waals surface area contributed by atoms with Crippen LogP contribution in [0.25, 0.3) is 0 Å². The topological polar surface area (TPSA) is 35.6 Å². The Balaban J connectivity index is 2.02. The van der Waals surface area contributed by atoms with Crippen LogP contribution in [0.2, 0.25) is 0 Å². The van der Waals surface area contributed by atoms with E-state index in [1.165, 1.54) is 5.69 Å². The zero-order chi connectivity index (χ0) is 10.7. The molecule has 2 heterocycles. The van der Waals surface area contributed by atoms with Crippen LogP contribution in [0, 0.1) is 0 Å². The van der Waals surface area contributed by atoms with E-state index in [0.717, 1.165) is 13.1 Å². The predicted octanol–water partition coefficient (Wildman–Crippen LogP) is 1.90. The largest absolute Gasteiger partial charge is 0.336 e. The van der Waals surface area contributed by atoms with Gasteiger partial charge in [0, 0.05) is 30.8 Å². The van der Waals surface area contributed by atoms with Gasteiger partial charge in [-0.15, -0.1) is 0 Å². The third-order valence-corrected chi connectivity index (χ3v) is 2.47. The lowest BCUT2D eigenvalue weighted by Gasteiger charge is -2.10. The van der Waals surface area contributed by atoms with E-state index in [2.05, 4.69) is 39.2 Å². The highest BCUT2D eigenvalue weighted by Crippen LogP contribution is 2.12. The fraction of sp³-hybridized carbons (Fsp3) is 0.455. The van der Waals surface area contributed by atoms with Crippen molar-refractivity contribution in [1.82, 2.24) is 19.3 Å². The molecule has 0 aliphatic heterocycles. The molecule has 4 heteroatoms. The Morgan fingerprint density at radius 1 is 1.27 bits per heavy atom. The molecule has 0 aliphatic carbocycles. The van der Waals surface area contributed by atoms with E-state index in [0.29, 0.717) is 5.92 Å². The molecule has 0 aromatic carbocycles. The normalized spacial score (nSPS) is 11.1. The molecule has 2 aromatic rings. The summed E-state index contributed by atoms with van der Waals surface area (Å²) in [6.45, 7) is 6.19. The first kappa shape index (κ1) is 9.96. The second kappa shape index (κ2) is 4.29. The van der Waals surface area contributed by atoms with Crippen molar-refractivity contribution in [1.29, 1.82) is 0 Å². The fourth-order valence-electron chi connectivity index (χ4n) is 1.65. The maximum absolute atomic E-state index is 4.32. The molecular formula is C11H16N4. The molecule has 80 valence electrons. The van der Waals surface area contributed by atoms with E-state index in [9.17, 15) is 0 Å². The standard InChI is InChI=1S/C11H16N4/c1-10(2)11-3-4-13-15(11)8-7-14-6-5-12-9-14/h3-6,9-10H,7-8H2,1-2H3. The Morgan fingerprint density at radius 3 is 2.80 bits per heavy atom. The summed E-state index contributed by atoms with van der Waals surface area (Å²) in [5, 5.41) is 4.32. The van der Waals surface area contributed by atoms with Gasteiger partial charge in [-0.05, 0) is 12.0 Å². The first-order valence-electron chi connectivity index (χ1n) is 5.25. The molecule has 0 N–H and O–H groups in total. The number of aromatic nitrogens is 4. The van der Waals surface area contributed by atoms with Crippen LogP contribution in [-0.2, 0) is 13.1 Å². The lowest BCUT2D eigenvalue weighted by Crippen LogP contribution is -2.11. The van der Waals surface area contributed by atoms with Gasteiger partial charge in [0.2, 0.25) is 0 Å². The molecule has 0 radical (unpaired) electrons. The molecule has 0 atom stereocenters. The number of hydrogen-bond acceptors (Lipinski definition) is 2. The molecule has 4 nitrogen and oxygen atoms in total. The van der Waals surface area contributed by atoms with Crippen LogP contribution in [-0.4, -0.2) is 19.3 Å². The van der Waals surface area contributed by atoms with E-state index < -0.39 is 0 Å². The van der Waals surface area contributed by atoms with Gasteiger partial charge in [0.15, 0.2) is 0 Å². The Bertz CT molecular complexity index is 400. The van der Waals surface area contributed by atoms with Crippen LogP contribution in [0.15, 0.2) is 31.0 Å². The molecule has 0 amide bonds. The van der Waals surface area contributed by atoms with Crippen LogP contribution in [0.3, 0.4) is 0 Å². The summed E-state index contributed by atoms with van der Waals surface area (Å²) in [6.07, 6.45) is 7.47. The molecule has 0 saturated heterocycles. The highest BCUT2D eigenvalue weighted by molar-refractivity contribution is 5.05. The molecule has 0 spiro atoms. The van der Waals surface area contributed by atoms with Crippen molar-refractivity contribution < 1.29 is 0 Å². The van der Waals surface area contributed by atoms with E-state index in [1.807, 2.05) is 18.7 Å². The zero-order valence-corrected chi connectivity index (χ0v) is 9.17. The van der Waals surface area contributed by atoms with Crippen molar-refractivity contribution in [2.45, 2.75) is 32.9 Å². The minimum atomic E-state index is 0.523. The van der Waals surface area contributed by atoms with Crippen LogP contribution in [0.5, 0.6) is 0 Å². The molecule has 0 aliphatic rings. The summed E-state index contributed by atoms with van der Waals surface area (Å²) in [5.74, 6) is 0.523. The average Bonchev–Trinajstić information content (AvgIpc) is 2.86. The minimum Gasteiger partial charge on any atom is -0.336 e. The summed E-state index contributed by atoms with van der Waals surface area (Å²) in [4.78, 5) is 4.01. The highest BCUT2D eigenvalue weighted by Gasteiger charge is 2.05. The third kappa shape index (κ3) is 2.26. The van der Waals surface area contributed by atoms with Crippen molar-refractivity contribution in [3.05, 3.63) is 36.7 Å². The number of imidazole rings is 1. The lowest BCUT2D eigenvalue weighted by molar-refractivity contribution is 0.506. The van der Waals surface area contributed by atoms with Crippen molar-refractivity contribution in [2.24, 2.45) is 0 Å². The van der Waals surface area contributed by atoms with Crippen LogP contribution in [0.1, 0.15) is 25.5 Å². The number of aryl methyl sites for hydroxylation is 2. The smallest absolute Gasteiger partial charge is 0.0946 e. The van der Waals surface area contributed by atoms with Gasteiger partial charge in [0.1, 0.15) is 0 Å². The van der Waals surface area contributed by atoms with Crippen molar-refractivity contribution in [3.63, 3.8) is 0 Å². The van der Waals surface area contributed by atoms with Gasteiger partial charge in [0.05, 0.1) is 12.9 Å². The Kier molecular flexibility index (Phi) is 2.85. The summed E-state index contributed by atoms with van der Waals surface area (Å²) in [6, 6.07) is 2.08.